The molecule has 1 aromatic carbocycles. The highest BCUT2D eigenvalue weighted by atomic mass is 35.6. The number of nitrogens with zero attached hydrogens (tertiary/aromatic N) is 1. The molecule has 0 aromatic heterocycles. The largest absolute Gasteiger partial charge is 0.497 e. The highest BCUT2D eigenvalue weighted by molar-refractivity contribution is 6.67. The first kappa shape index (κ1) is 22.9. The van der Waals surface area contributed by atoms with Gasteiger partial charge in [-0.3, -0.25) is 0 Å². The van der Waals surface area contributed by atoms with Crippen molar-refractivity contribution in [3.05, 3.63) is 29.3 Å². The lowest BCUT2D eigenvalue weighted by Gasteiger charge is -2.62. The van der Waals surface area contributed by atoms with Crippen LogP contribution in [-0.2, 0) is 16.6 Å². The van der Waals surface area contributed by atoms with Gasteiger partial charge in [0.05, 0.1) is 7.11 Å². The van der Waals surface area contributed by atoms with Gasteiger partial charge in [-0.1, -0.05) is 40.9 Å². The van der Waals surface area contributed by atoms with Gasteiger partial charge in [-0.25, -0.2) is 4.79 Å². The van der Waals surface area contributed by atoms with Crippen LogP contribution < -0.4 is 10.1 Å². The van der Waals surface area contributed by atoms with Crippen LogP contribution in [0, 0.1) is 17.3 Å². The monoisotopic (exact) mass is 500 g/mol. The van der Waals surface area contributed by atoms with Crippen molar-refractivity contribution in [1.82, 2.24) is 10.2 Å². The van der Waals surface area contributed by atoms with Crippen molar-refractivity contribution in [2.24, 2.45) is 17.3 Å². The third-order valence-electron chi connectivity index (χ3n) is 9.18. The zero-order chi connectivity index (χ0) is 22.9. The first-order valence-corrected chi connectivity index (χ1v) is 12.6. The number of hydrogen-bond donors (Lipinski definition) is 1. The van der Waals surface area contributed by atoms with Gasteiger partial charge in [-0.15, -0.1) is 0 Å². The lowest BCUT2D eigenvalue weighted by Crippen LogP contribution is -2.68. The predicted octanol–water partition coefficient (Wildman–Crippen LogP) is 5.09. The second-order valence-corrected chi connectivity index (χ2v) is 12.6. The van der Waals surface area contributed by atoms with E-state index in [2.05, 4.69) is 30.4 Å². The molecule has 1 aliphatic heterocycles. The number of hydrogen-bond acceptors (Lipinski definition) is 4. The van der Waals surface area contributed by atoms with Crippen LogP contribution in [-0.4, -0.2) is 54.2 Å². The number of halogens is 3. The van der Waals surface area contributed by atoms with Gasteiger partial charge in [0, 0.05) is 24.5 Å². The Labute approximate surface area is 205 Å². The predicted molar refractivity (Wildman–Crippen MR) is 127 cm³/mol. The van der Waals surface area contributed by atoms with Crippen LogP contribution in [0.15, 0.2) is 18.2 Å². The maximum Gasteiger partial charge on any atom is 0.409 e. The average molecular weight is 502 g/mol. The number of alkyl halides is 3. The fraction of sp³-hybridized carbons (Fsp3) is 0.708. The summed E-state index contributed by atoms with van der Waals surface area (Å²) in [7, 11) is 3.58. The fourth-order valence-electron chi connectivity index (χ4n) is 8.10. The zero-order valence-electron chi connectivity index (χ0n) is 18.8. The van der Waals surface area contributed by atoms with Crippen molar-refractivity contribution in [2.45, 2.75) is 60.3 Å². The molecule has 176 valence electrons. The molecule has 32 heavy (non-hydrogen) atoms. The summed E-state index contributed by atoms with van der Waals surface area (Å²) in [6.45, 7) is 3.11. The molecule has 6 unspecified atom stereocenters. The minimum absolute atomic E-state index is 0.0359. The maximum absolute atomic E-state index is 12.9. The van der Waals surface area contributed by atoms with E-state index in [0.29, 0.717) is 17.9 Å². The third-order valence-corrected chi connectivity index (χ3v) is 9.51. The van der Waals surface area contributed by atoms with Gasteiger partial charge < -0.3 is 19.7 Å². The zero-order valence-corrected chi connectivity index (χ0v) is 21.1. The van der Waals surface area contributed by atoms with E-state index in [1.54, 1.807) is 12.0 Å². The van der Waals surface area contributed by atoms with Gasteiger partial charge in [-0.05, 0) is 86.1 Å². The Morgan fingerprint density at radius 3 is 2.75 bits per heavy atom. The Morgan fingerprint density at radius 1 is 1.28 bits per heavy atom. The number of nitrogens with one attached hydrogen (secondary N) is 1. The Balaban J connectivity index is 1.55. The number of fused-ring (bicyclic) bond motifs is 1. The first-order valence-electron chi connectivity index (χ1n) is 11.5. The number of amides is 1. The lowest BCUT2D eigenvalue weighted by atomic mass is 9.46. The summed E-state index contributed by atoms with van der Waals surface area (Å²) in [5.74, 6) is 1.79. The van der Waals surface area contributed by atoms with Gasteiger partial charge in [0.25, 0.3) is 0 Å². The van der Waals surface area contributed by atoms with Crippen LogP contribution in [0.4, 0.5) is 4.79 Å². The van der Waals surface area contributed by atoms with Crippen LogP contribution in [0.5, 0.6) is 5.75 Å². The second-order valence-electron chi connectivity index (χ2n) is 10.1. The summed E-state index contributed by atoms with van der Waals surface area (Å²) in [6.07, 6.45) is 4.98. The number of carbonyl (C=O) groups is 1. The number of piperidine rings is 1. The van der Waals surface area contributed by atoms with Crippen molar-refractivity contribution in [2.75, 3.05) is 27.3 Å². The topological polar surface area (TPSA) is 50.8 Å². The van der Waals surface area contributed by atoms with E-state index in [-0.39, 0.29) is 23.5 Å². The van der Waals surface area contributed by atoms with E-state index >= 15 is 0 Å². The molecule has 1 saturated heterocycles. The van der Waals surface area contributed by atoms with Crippen molar-refractivity contribution in [3.8, 4) is 5.75 Å². The third kappa shape index (κ3) is 3.10. The van der Waals surface area contributed by atoms with Gasteiger partial charge in [0.2, 0.25) is 3.79 Å². The Kier molecular flexibility index (Phi) is 5.60. The van der Waals surface area contributed by atoms with Crippen LogP contribution in [0.1, 0.15) is 43.7 Å². The van der Waals surface area contributed by atoms with E-state index in [1.165, 1.54) is 17.5 Å². The smallest absolute Gasteiger partial charge is 0.409 e. The van der Waals surface area contributed by atoms with E-state index in [4.69, 9.17) is 44.3 Å². The molecule has 1 N–H and O–H groups in total. The quantitative estimate of drug-likeness (QED) is 0.586. The summed E-state index contributed by atoms with van der Waals surface area (Å²) in [6, 6.07) is 7.15. The molecule has 5 rings (SSSR count). The molecule has 1 spiro atoms. The molecule has 8 heteroatoms. The standard InChI is InChI=1S/C24H31Cl3N2O3/c1-14-22-8-6-18(20(7-9-22)29(2)21(30)32-13-23(25,26)27)24(22)16(12-28-14)10-15-4-5-17(31-3)11-19(15)24/h4-5,11,14,16,18,20,28H,6-10,12-13H2,1-3H3. The van der Waals surface area contributed by atoms with Crippen LogP contribution >= 0.6 is 34.8 Å². The summed E-state index contributed by atoms with van der Waals surface area (Å²) in [4.78, 5) is 14.7. The van der Waals surface area contributed by atoms with Crippen molar-refractivity contribution in [1.29, 1.82) is 0 Å². The minimum atomic E-state index is -1.61. The molecule has 1 aromatic rings. The van der Waals surface area contributed by atoms with Crippen LogP contribution in [0.3, 0.4) is 0 Å². The molecular weight excluding hydrogens is 471 g/mol. The summed E-state index contributed by atoms with van der Waals surface area (Å²) < 4.78 is 9.40. The van der Waals surface area contributed by atoms with Gasteiger partial charge in [-0.2, -0.15) is 0 Å². The molecule has 0 radical (unpaired) electrons. The molecule has 3 aliphatic carbocycles. The van der Waals surface area contributed by atoms with Gasteiger partial charge in [0.1, 0.15) is 12.4 Å². The fourth-order valence-corrected chi connectivity index (χ4v) is 8.27. The Bertz CT molecular complexity index is 922. The molecule has 5 nitrogen and oxygen atoms in total. The van der Waals surface area contributed by atoms with Crippen LogP contribution in [0.2, 0.25) is 0 Å². The highest BCUT2D eigenvalue weighted by Gasteiger charge is 2.73. The van der Waals surface area contributed by atoms with Gasteiger partial charge in [0.15, 0.2) is 0 Å². The lowest BCUT2D eigenvalue weighted by molar-refractivity contribution is -0.0653. The molecule has 3 fully saturated rings. The van der Waals surface area contributed by atoms with E-state index in [1.807, 2.05) is 7.05 Å². The highest BCUT2D eigenvalue weighted by Crippen LogP contribution is 2.73. The number of rotatable bonds is 3. The van der Waals surface area contributed by atoms with Gasteiger partial charge >= 0.3 is 6.09 Å². The average Bonchev–Trinajstić information content (AvgIpc) is 3.20. The van der Waals surface area contributed by atoms with Crippen molar-refractivity contribution in [3.63, 3.8) is 0 Å². The van der Waals surface area contributed by atoms with E-state index in [0.717, 1.165) is 38.0 Å². The summed E-state index contributed by atoms with van der Waals surface area (Å²) in [5, 5.41) is 3.85. The molecule has 1 heterocycles. The summed E-state index contributed by atoms with van der Waals surface area (Å²) in [5.41, 5.74) is 3.11. The van der Waals surface area contributed by atoms with E-state index in [9.17, 15) is 4.79 Å². The van der Waals surface area contributed by atoms with Crippen molar-refractivity contribution < 1.29 is 14.3 Å². The van der Waals surface area contributed by atoms with Crippen LogP contribution in [0.25, 0.3) is 0 Å². The maximum atomic E-state index is 12.9. The minimum Gasteiger partial charge on any atom is -0.497 e. The molecule has 4 aliphatic rings. The number of ether oxygens (including phenoxy) is 2. The van der Waals surface area contributed by atoms with Crippen molar-refractivity contribution >= 4 is 40.9 Å². The normalized spacial score (nSPS) is 37.3. The summed E-state index contributed by atoms with van der Waals surface area (Å²) >= 11 is 17.4. The molecular formula is C24H31Cl3N2O3. The Hall–Kier alpha value is -0.880. The second kappa shape index (κ2) is 7.83. The number of carbonyl (C=O) groups excluding carboxylic acids is 1. The Morgan fingerprint density at radius 2 is 2.03 bits per heavy atom. The molecule has 2 bridgehead atoms. The molecule has 2 saturated carbocycles. The number of benzene rings is 1. The molecule has 1 amide bonds. The first-order chi connectivity index (χ1) is 15.1. The van der Waals surface area contributed by atoms with E-state index < -0.39 is 9.89 Å². The molecule has 6 atom stereocenters. The SMILES string of the molecule is COc1ccc2c(c1)C13C(CNC(C)C14CCC(N(C)C(=O)OCC(Cl)(Cl)Cl)C3CC4)C2. The number of methoxy groups -OCH3 is 1.